The predicted octanol–water partition coefficient (Wildman–Crippen LogP) is 5.30. The van der Waals surface area contributed by atoms with Crippen molar-refractivity contribution in [3.63, 3.8) is 0 Å². The van der Waals surface area contributed by atoms with Gasteiger partial charge in [0.15, 0.2) is 0 Å². The van der Waals surface area contributed by atoms with Crippen LogP contribution in [-0.2, 0) is 19.4 Å². The predicted molar refractivity (Wildman–Crippen MR) is 91.4 cm³/mol. The Hall–Kier alpha value is -2.28. The first kappa shape index (κ1) is 13.4. The molecule has 0 fully saturated rings. The maximum atomic E-state index is 5.94. The minimum Gasteiger partial charge on any atom is -0.489 e. The van der Waals surface area contributed by atoms with Crippen LogP contribution in [0.5, 0.6) is 5.75 Å². The monoisotopic (exact) mass is 288 g/mol. The van der Waals surface area contributed by atoms with E-state index in [1.807, 2.05) is 18.2 Å². The van der Waals surface area contributed by atoms with Crippen LogP contribution in [0, 0.1) is 0 Å². The summed E-state index contributed by atoms with van der Waals surface area (Å²) in [4.78, 5) is 0. The van der Waals surface area contributed by atoms with E-state index in [2.05, 4.69) is 42.5 Å². The van der Waals surface area contributed by atoms with E-state index in [4.69, 9.17) is 4.74 Å². The van der Waals surface area contributed by atoms with Gasteiger partial charge in [-0.25, -0.2) is 0 Å². The van der Waals surface area contributed by atoms with Gasteiger partial charge < -0.3 is 4.74 Å². The molecule has 0 unspecified atom stereocenters. The van der Waals surface area contributed by atoms with Crippen molar-refractivity contribution in [2.75, 3.05) is 0 Å². The van der Waals surface area contributed by atoms with Crippen LogP contribution in [-0.4, -0.2) is 0 Å². The summed E-state index contributed by atoms with van der Waals surface area (Å²) >= 11 is 0. The zero-order valence-corrected chi connectivity index (χ0v) is 12.7. The molecule has 22 heavy (non-hydrogen) atoms. The molecule has 0 N–H and O–H groups in total. The van der Waals surface area contributed by atoms with Crippen molar-refractivity contribution in [1.82, 2.24) is 0 Å². The van der Waals surface area contributed by atoms with Crippen molar-refractivity contribution in [3.8, 4) is 5.75 Å². The zero-order chi connectivity index (χ0) is 14.8. The first-order valence-corrected chi connectivity index (χ1v) is 8.11. The maximum absolute atomic E-state index is 5.94. The molecule has 1 aliphatic carbocycles. The second-order valence-corrected chi connectivity index (χ2v) is 6.11. The number of aryl methyl sites for hydroxylation is 2. The molecule has 1 nitrogen and oxygen atoms in total. The fourth-order valence-electron chi connectivity index (χ4n) is 3.30. The van der Waals surface area contributed by atoms with Gasteiger partial charge in [0.1, 0.15) is 12.4 Å². The van der Waals surface area contributed by atoms with Crippen molar-refractivity contribution >= 4 is 10.8 Å². The van der Waals surface area contributed by atoms with Crippen molar-refractivity contribution in [2.24, 2.45) is 0 Å². The number of hydrogen-bond acceptors (Lipinski definition) is 1. The fourth-order valence-corrected chi connectivity index (χ4v) is 3.30. The van der Waals surface area contributed by atoms with Gasteiger partial charge in [-0.1, -0.05) is 48.5 Å². The molecule has 0 aromatic heterocycles. The van der Waals surface area contributed by atoms with Crippen LogP contribution in [0.4, 0.5) is 0 Å². The Labute approximate surface area is 131 Å². The molecular weight excluding hydrogens is 268 g/mol. The third kappa shape index (κ3) is 2.71. The number of rotatable bonds is 3. The van der Waals surface area contributed by atoms with E-state index in [0.29, 0.717) is 6.61 Å². The lowest BCUT2D eigenvalue weighted by Crippen LogP contribution is -2.02. The van der Waals surface area contributed by atoms with Crippen molar-refractivity contribution in [1.29, 1.82) is 0 Å². The van der Waals surface area contributed by atoms with E-state index in [1.54, 1.807) is 0 Å². The third-order valence-electron chi connectivity index (χ3n) is 4.52. The zero-order valence-electron chi connectivity index (χ0n) is 12.7. The van der Waals surface area contributed by atoms with Crippen molar-refractivity contribution < 1.29 is 4.74 Å². The summed E-state index contributed by atoms with van der Waals surface area (Å²) in [6, 6.07) is 21.5. The molecule has 0 atom stereocenters. The first-order valence-electron chi connectivity index (χ1n) is 8.11. The third-order valence-corrected chi connectivity index (χ3v) is 4.52. The number of ether oxygens (including phenoxy) is 1. The number of fused-ring (bicyclic) bond motifs is 2. The first-order chi connectivity index (χ1) is 10.9. The van der Waals surface area contributed by atoms with Crippen LogP contribution in [0.3, 0.4) is 0 Å². The molecule has 0 spiro atoms. The Morgan fingerprint density at radius 1 is 0.727 bits per heavy atom. The smallest absolute Gasteiger partial charge is 0.120 e. The molecule has 3 aromatic rings. The van der Waals surface area contributed by atoms with Gasteiger partial charge in [0, 0.05) is 0 Å². The van der Waals surface area contributed by atoms with Gasteiger partial charge in [-0.05, 0) is 65.3 Å². The molecule has 0 radical (unpaired) electrons. The largest absolute Gasteiger partial charge is 0.489 e. The molecule has 3 aromatic carbocycles. The molecule has 0 amide bonds. The van der Waals surface area contributed by atoms with E-state index >= 15 is 0 Å². The van der Waals surface area contributed by atoms with Crippen LogP contribution >= 0.6 is 0 Å². The van der Waals surface area contributed by atoms with Gasteiger partial charge in [0.25, 0.3) is 0 Å². The summed E-state index contributed by atoms with van der Waals surface area (Å²) in [5.74, 6) is 0.951. The fraction of sp³-hybridized carbons (Fsp3) is 0.238. The quantitative estimate of drug-likeness (QED) is 0.635. The van der Waals surface area contributed by atoms with Crippen molar-refractivity contribution in [2.45, 2.75) is 32.3 Å². The molecular formula is C21H20O. The lowest BCUT2D eigenvalue weighted by Gasteiger charge is -2.17. The molecule has 1 heteroatoms. The molecule has 0 saturated heterocycles. The highest BCUT2D eigenvalue weighted by Gasteiger charge is 2.10. The summed E-state index contributed by atoms with van der Waals surface area (Å²) in [7, 11) is 0. The van der Waals surface area contributed by atoms with E-state index in [0.717, 1.165) is 5.75 Å². The Balaban J connectivity index is 1.60. The highest BCUT2D eigenvalue weighted by atomic mass is 16.5. The molecule has 0 aliphatic heterocycles. The Bertz CT molecular complexity index is 790. The van der Waals surface area contributed by atoms with Gasteiger partial charge in [0.2, 0.25) is 0 Å². The molecule has 4 rings (SSSR count). The number of benzene rings is 3. The SMILES string of the molecule is c1ccc(COc2ccc3cc4c(cc3c2)CCCC4)cc1. The molecule has 1 aliphatic rings. The van der Waals surface area contributed by atoms with Crippen LogP contribution in [0.2, 0.25) is 0 Å². The minimum absolute atomic E-state index is 0.622. The summed E-state index contributed by atoms with van der Waals surface area (Å²) in [5, 5.41) is 2.62. The van der Waals surface area contributed by atoms with E-state index in [1.165, 1.54) is 53.1 Å². The van der Waals surface area contributed by atoms with E-state index in [9.17, 15) is 0 Å². The normalized spacial score (nSPS) is 13.8. The Morgan fingerprint density at radius 3 is 2.23 bits per heavy atom. The average Bonchev–Trinajstić information content (AvgIpc) is 2.59. The molecule has 0 heterocycles. The average molecular weight is 288 g/mol. The summed E-state index contributed by atoms with van der Waals surface area (Å²) < 4.78 is 5.94. The van der Waals surface area contributed by atoms with Crippen LogP contribution in [0.1, 0.15) is 29.5 Å². The van der Waals surface area contributed by atoms with Crippen molar-refractivity contribution in [3.05, 3.63) is 77.4 Å². The highest BCUT2D eigenvalue weighted by molar-refractivity contribution is 5.85. The van der Waals surface area contributed by atoms with Crippen LogP contribution < -0.4 is 4.74 Å². The Kier molecular flexibility index (Phi) is 3.56. The van der Waals surface area contributed by atoms with Crippen LogP contribution in [0.25, 0.3) is 10.8 Å². The van der Waals surface area contributed by atoms with Gasteiger partial charge in [0.05, 0.1) is 0 Å². The van der Waals surface area contributed by atoms with E-state index in [-0.39, 0.29) is 0 Å². The van der Waals surface area contributed by atoms with E-state index < -0.39 is 0 Å². The summed E-state index contributed by atoms with van der Waals surface area (Å²) in [6.45, 7) is 0.622. The molecule has 110 valence electrons. The summed E-state index contributed by atoms with van der Waals surface area (Å²) in [5.41, 5.74) is 4.27. The summed E-state index contributed by atoms with van der Waals surface area (Å²) in [6.07, 6.45) is 5.11. The van der Waals surface area contributed by atoms with Crippen LogP contribution in [0.15, 0.2) is 60.7 Å². The molecule has 0 saturated carbocycles. The lowest BCUT2D eigenvalue weighted by molar-refractivity contribution is 0.306. The topological polar surface area (TPSA) is 9.23 Å². The highest BCUT2D eigenvalue weighted by Crippen LogP contribution is 2.29. The maximum Gasteiger partial charge on any atom is 0.120 e. The standard InChI is InChI=1S/C21H20O/c1-2-6-16(7-3-1)15-22-21-11-10-19-12-17-8-4-5-9-18(17)13-20(19)14-21/h1-3,6-7,10-14H,4-5,8-9,15H2. The second-order valence-electron chi connectivity index (χ2n) is 6.11. The minimum atomic E-state index is 0.622. The van der Waals surface area contributed by atoms with Gasteiger partial charge in [-0.2, -0.15) is 0 Å². The lowest BCUT2D eigenvalue weighted by atomic mass is 9.89. The van der Waals surface area contributed by atoms with Gasteiger partial charge in [-0.3, -0.25) is 0 Å². The number of hydrogen-bond donors (Lipinski definition) is 0. The molecule has 0 bridgehead atoms. The second kappa shape index (κ2) is 5.84. The Morgan fingerprint density at radius 2 is 1.45 bits per heavy atom. The van der Waals surface area contributed by atoms with Gasteiger partial charge in [-0.15, -0.1) is 0 Å². The van der Waals surface area contributed by atoms with Gasteiger partial charge >= 0.3 is 0 Å².